The Labute approximate surface area is 140 Å². The van der Waals surface area contributed by atoms with Gasteiger partial charge in [-0.15, -0.1) is 0 Å². The van der Waals surface area contributed by atoms with Crippen LogP contribution in [0.25, 0.3) is 5.52 Å². The smallest absolute Gasteiger partial charge is 0.253 e. The number of hydrogen-bond donors (Lipinski definition) is 1. The van der Waals surface area contributed by atoms with Crippen molar-refractivity contribution in [2.24, 2.45) is 0 Å². The molecule has 122 valence electrons. The first-order chi connectivity index (χ1) is 11.8. The van der Waals surface area contributed by atoms with Crippen LogP contribution < -0.4 is 10.2 Å². The van der Waals surface area contributed by atoms with E-state index in [1.165, 1.54) is 12.8 Å². The van der Waals surface area contributed by atoms with E-state index in [4.69, 9.17) is 0 Å². The van der Waals surface area contributed by atoms with Gasteiger partial charge in [0.15, 0.2) is 0 Å². The maximum Gasteiger partial charge on any atom is 0.253 e. The molecule has 0 radical (unpaired) electrons. The van der Waals surface area contributed by atoms with Crippen LogP contribution in [-0.2, 0) is 6.54 Å². The third-order valence-corrected chi connectivity index (χ3v) is 4.29. The van der Waals surface area contributed by atoms with E-state index in [9.17, 15) is 4.79 Å². The summed E-state index contributed by atoms with van der Waals surface area (Å²) in [5.41, 5.74) is 1.63. The van der Waals surface area contributed by atoms with Crippen molar-refractivity contribution >= 4 is 17.2 Å². The molecule has 24 heavy (non-hydrogen) atoms. The van der Waals surface area contributed by atoms with E-state index >= 15 is 0 Å². The van der Waals surface area contributed by atoms with Gasteiger partial charge >= 0.3 is 0 Å². The lowest BCUT2D eigenvalue weighted by Gasteiger charge is -2.16. The molecule has 1 fully saturated rings. The summed E-state index contributed by atoms with van der Waals surface area (Å²) < 4.78 is 1.93. The predicted octanol–water partition coefficient (Wildman–Crippen LogP) is 2.26. The Kier molecular flexibility index (Phi) is 3.86. The van der Waals surface area contributed by atoms with Crippen LogP contribution in [-0.4, -0.2) is 33.4 Å². The number of anilines is 1. The molecule has 6 heteroatoms. The van der Waals surface area contributed by atoms with Crippen LogP contribution >= 0.6 is 0 Å². The van der Waals surface area contributed by atoms with Gasteiger partial charge in [0.2, 0.25) is 0 Å². The third-order valence-electron chi connectivity index (χ3n) is 4.29. The molecule has 1 aliphatic rings. The zero-order valence-corrected chi connectivity index (χ0v) is 13.4. The molecule has 6 nitrogen and oxygen atoms in total. The summed E-state index contributed by atoms with van der Waals surface area (Å²) in [5.74, 6) is 1.46. The molecule has 0 saturated carbocycles. The number of aromatic nitrogens is 3. The van der Waals surface area contributed by atoms with Crippen LogP contribution in [0.2, 0.25) is 0 Å². The molecule has 4 heterocycles. The Morgan fingerprint density at radius 2 is 2.08 bits per heavy atom. The van der Waals surface area contributed by atoms with Crippen LogP contribution in [0.3, 0.4) is 0 Å². The summed E-state index contributed by atoms with van der Waals surface area (Å²) in [4.78, 5) is 23.4. The number of carbonyl (C=O) groups excluding carboxylic acids is 1. The number of nitrogens with one attached hydrogen (secondary N) is 1. The van der Waals surface area contributed by atoms with Gasteiger partial charge in [-0.05, 0) is 37.1 Å². The maximum atomic E-state index is 12.3. The number of pyridine rings is 1. The van der Waals surface area contributed by atoms with Crippen molar-refractivity contribution in [1.82, 2.24) is 19.7 Å². The minimum absolute atomic E-state index is 0.117. The molecule has 1 N–H and O–H groups in total. The Hall–Kier alpha value is -2.89. The van der Waals surface area contributed by atoms with Gasteiger partial charge in [-0.1, -0.05) is 6.07 Å². The van der Waals surface area contributed by atoms with Crippen molar-refractivity contribution in [3.63, 3.8) is 0 Å². The molecule has 0 aliphatic carbocycles. The molecule has 0 spiro atoms. The van der Waals surface area contributed by atoms with E-state index in [0.717, 1.165) is 24.4 Å². The molecule has 4 rings (SSSR count). The highest BCUT2D eigenvalue weighted by atomic mass is 16.1. The predicted molar refractivity (Wildman–Crippen MR) is 92.0 cm³/mol. The monoisotopic (exact) mass is 321 g/mol. The third kappa shape index (κ3) is 2.95. The lowest BCUT2D eigenvalue weighted by atomic mass is 10.3. The van der Waals surface area contributed by atoms with Gasteiger partial charge in [0.25, 0.3) is 5.91 Å². The second-order valence-electron chi connectivity index (χ2n) is 5.97. The summed E-state index contributed by atoms with van der Waals surface area (Å²) in [6.45, 7) is 2.41. The highest BCUT2D eigenvalue weighted by Gasteiger charge is 2.14. The average molecular weight is 321 g/mol. The molecule has 0 atom stereocenters. The first-order valence-electron chi connectivity index (χ1n) is 8.21. The Morgan fingerprint density at radius 1 is 1.21 bits per heavy atom. The lowest BCUT2D eigenvalue weighted by Crippen LogP contribution is -2.25. The number of carbonyl (C=O) groups is 1. The van der Waals surface area contributed by atoms with E-state index in [2.05, 4.69) is 20.2 Å². The fraction of sp³-hybridized carbons (Fsp3) is 0.278. The van der Waals surface area contributed by atoms with Crippen LogP contribution in [0.15, 0.2) is 48.9 Å². The Bertz CT molecular complexity index is 833. The molecule has 1 saturated heterocycles. The average Bonchev–Trinajstić information content (AvgIpc) is 3.29. The normalized spacial score (nSPS) is 14.2. The largest absolute Gasteiger partial charge is 0.357 e. The summed E-state index contributed by atoms with van der Waals surface area (Å²) in [6, 6.07) is 9.66. The molecule has 0 bridgehead atoms. The first-order valence-corrected chi connectivity index (χ1v) is 8.21. The molecule has 3 aromatic rings. The summed E-state index contributed by atoms with van der Waals surface area (Å²) in [5, 5.41) is 2.90. The highest BCUT2D eigenvalue weighted by molar-refractivity contribution is 5.95. The fourth-order valence-corrected chi connectivity index (χ4v) is 3.04. The lowest BCUT2D eigenvalue weighted by molar-refractivity contribution is 0.0950. The number of rotatable bonds is 4. The number of fused-ring (bicyclic) bond motifs is 1. The molecule has 3 aromatic heterocycles. The van der Waals surface area contributed by atoms with E-state index in [-0.39, 0.29) is 5.91 Å². The quantitative estimate of drug-likeness (QED) is 0.801. The van der Waals surface area contributed by atoms with Crippen LogP contribution in [0.5, 0.6) is 0 Å². The van der Waals surface area contributed by atoms with E-state index < -0.39 is 0 Å². The summed E-state index contributed by atoms with van der Waals surface area (Å²) in [7, 11) is 0. The van der Waals surface area contributed by atoms with Gasteiger partial charge in [0.1, 0.15) is 11.6 Å². The molecular weight excluding hydrogens is 302 g/mol. The van der Waals surface area contributed by atoms with Crippen molar-refractivity contribution in [3.8, 4) is 0 Å². The molecule has 0 aromatic carbocycles. The van der Waals surface area contributed by atoms with Crippen molar-refractivity contribution < 1.29 is 4.79 Å². The van der Waals surface area contributed by atoms with Gasteiger partial charge in [-0.2, -0.15) is 0 Å². The van der Waals surface area contributed by atoms with Crippen molar-refractivity contribution in [3.05, 3.63) is 60.3 Å². The van der Waals surface area contributed by atoms with Crippen LogP contribution in [0, 0.1) is 0 Å². The Balaban J connectivity index is 1.44. The van der Waals surface area contributed by atoms with Crippen molar-refractivity contribution in [1.29, 1.82) is 0 Å². The van der Waals surface area contributed by atoms with Gasteiger partial charge < -0.3 is 14.6 Å². The second kappa shape index (κ2) is 6.31. The number of hydrogen-bond acceptors (Lipinski definition) is 4. The topological polar surface area (TPSA) is 62.5 Å². The maximum absolute atomic E-state index is 12.3. The summed E-state index contributed by atoms with van der Waals surface area (Å²) >= 11 is 0. The van der Waals surface area contributed by atoms with Gasteiger partial charge in [-0.25, -0.2) is 9.97 Å². The van der Waals surface area contributed by atoms with E-state index in [0.29, 0.717) is 17.9 Å². The zero-order chi connectivity index (χ0) is 16.4. The van der Waals surface area contributed by atoms with Gasteiger partial charge in [0.05, 0.1) is 12.1 Å². The minimum atomic E-state index is -0.117. The number of nitrogens with zero attached hydrogens (tertiary/aromatic N) is 4. The van der Waals surface area contributed by atoms with Crippen LogP contribution in [0.1, 0.15) is 29.0 Å². The highest BCUT2D eigenvalue weighted by Crippen LogP contribution is 2.17. The van der Waals surface area contributed by atoms with Gasteiger partial charge in [-0.3, -0.25) is 4.79 Å². The number of amides is 1. The zero-order valence-electron chi connectivity index (χ0n) is 13.4. The molecule has 0 unspecified atom stereocenters. The second-order valence-corrected chi connectivity index (χ2v) is 5.97. The van der Waals surface area contributed by atoms with Crippen molar-refractivity contribution in [2.45, 2.75) is 19.4 Å². The standard InChI is InChI=1S/C18H19N5O/c24-18(14-11-15-5-1-2-10-23(15)13-14)20-12-16-19-7-6-17(21-16)22-8-3-4-9-22/h1-2,5-7,10-11,13H,3-4,8-9,12H2,(H,20,24). The minimum Gasteiger partial charge on any atom is -0.357 e. The van der Waals surface area contributed by atoms with Crippen LogP contribution in [0.4, 0.5) is 5.82 Å². The van der Waals surface area contributed by atoms with Gasteiger partial charge in [0, 0.05) is 37.2 Å². The molecular formula is C18H19N5O. The van der Waals surface area contributed by atoms with E-state index in [1.54, 1.807) is 6.20 Å². The fourth-order valence-electron chi connectivity index (χ4n) is 3.04. The van der Waals surface area contributed by atoms with Crippen molar-refractivity contribution in [2.75, 3.05) is 18.0 Å². The summed E-state index contributed by atoms with van der Waals surface area (Å²) in [6.07, 6.45) is 7.92. The SMILES string of the molecule is O=C(NCc1nccc(N2CCCC2)n1)c1cc2ccccn2c1. The first kappa shape index (κ1) is 14.7. The van der Waals surface area contributed by atoms with E-state index in [1.807, 2.05) is 47.1 Å². The Morgan fingerprint density at radius 3 is 2.92 bits per heavy atom. The molecule has 1 amide bonds. The molecule has 1 aliphatic heterocycles.